The van der Waals surface area contributed by atoms with Gasteiger partial charge in [-0.05, 0) is 94.8 Å². The van der Waals surface area contributed by atoms with Crippen LogP contribution >= 0.6 is 0 Å². The summed E-state index contributed by atoms with van der Waals surface area (Å²) in [6.45, 7) is 9.63. The Morgan fingerprint density at radius 1 is 1.08 bits per heavy atom. The molecule has 0 bridgehead atoms. The molecule has 2 aliphatic heterocycles. The fraction of sp³-hybridized carbons (Fsp3) is 0.630. The van der Waals surface area contributed by atoms with Crippen LogP contribution in [0, 0.1) is 19.8 Å². The minimum absolute atomic E-state index is 0.193. The van der Waals surface area contributed by atoms with Gasteiger partial charge >= 0.3 is 0 Å². The molecule has 3 heterocycles. The van der Waals surface area contributed by atoms with Gasteiger partial charge in [-0.2, -0.15) is 9.29 Å². The Morgan fingerprint density at radius 2 is 1.76 bits per heavy atom. The second-order valence-electron chi connectivity index (χ2n) is 10.2. The topological polar surface area (TPSA) is 88.1 Å². The molecule has 0 radical (unpaired) electrons. The Hall–Kier alpha value is -2.43. The van der Waals surface area contributed by atoms with Crippen molar-refractivity contribution in [2.45, 2.75) is 50.8 Å². The Balaban J connectivity index is 1.27. The summed E-state index contributed by atoms with van der Waals surface area (Å²) in [4.78, 5) is 14.2. The van der Waals surface area contributed by atoms with Crippen molar-refractivity contribution in [1.29, 1.82) is 0 Å². The second-order valence-corrected chi connectivity index (χ2v) is 12.2. The van der Waals surface area contributed by atoms with E-state index < -0.39 is 10.0 Å². The number of piperidine rings is 1. The molecule has 204 valence electrons. The fourth-order valence-corrected chi connectivity index (χ4v) is 6.91. The first-order chi connectivity index (χ1) is 17.8. The summed E-state index contributed by atoms with van der Waals surface area (Å²) in [6, 6.07) is 5.20. The Kier molecular flexibility index (Phi) is 9.26. The normalized spacial score (nSPS) is 17.5. The third-order valence-electron chi connectivity index (χ3n) is 7.56. The van der Waals surface area contributed by atoms with Crippen molar-refractivity contribution in [3.8, 4) is 11.6 Å². The van der Waals surface area contributed by atoms with Crippen molar-refractivity contribution in [2.75, 3.05) is 64.9 Å². The van der Waals surface area contributed by atoms with Gasteiger partial charge in [0.25, 0.3) is 0 Å². The van der Waals surface area contributed by atoms with Crippen molar-refractivity contribution in [3.63, 3.8) is 0 Å². The summed E-state index contributed by atoms with van der Waals surface area (Å²) in [6.07, 6.45) is 8.01. The highest BCUT2D eigenvalue weighted by atomic mass is 32.2. The molecule has 0 spiro atoms. The maximum absolute atomic E-state index is 13.2. The van der Waals surface area contributed by atoms with Gasteiger partial charge < -0.3 is 19.3 Å². The monoisotopic (exact) mass is 531 g/mol. The molecule has 0 N–H and O–H groups in total. The largest absolute Gasteiger partial charge is 0.497 e. The lowest BCUT2D eigenvalue weighted by Crippen LogP contribution is -2.36. The molecule has 1 aromatic heterocycles. The standard InChI is InChI=1S/C27H41N5O4S/c1-21-19-24(35-4)20-22(2)26(21)37(33,34)30(3)17-18-36-25-7-11-28-27(29-25)32-15-9-23(10-16-32)8-14-31-12-5-6-13-31/h7,11,19-20,23H,5-6,8-10,12-18H2,1-4H3. The number of benzene rings is 1. The molecule has 0 unspecified atom stereocenters. The minimum Gasteiger partial charge on any atom is -0.497 e. The molecule has 1 aromatic carbocycles. The lowest BCUT2D eigenvalue weighted by Gasteiger charge is -2.32. The predicted octanol–water partition coefficient (Wildman–Crippen LogP) is 3.50. The summed E-state index contributed by atoms with van der Waals surface area (Å²) in [5.41, 5.74) is 1.31. The minimum atomic E-state index is -3.67. The Bertz CT molecular complexity index is 1120. The number of aromatic nitrogens is 2. The third-order valence-corrected chi connectivity index (χ3v) is 9.72. The van der Waals surface area contributed by atoms with Crippen LogP contribution in [0.3, 0.4) is 0 Å². The zero-order chi connectivity index (χ0) is 26.4. The lowest BCUT2D eigenvalue weighted by molar-refractivity contribution is 0.274. The van der Waals surface area contributed by atoms with Gasteiger partial charge in [0.1, 0.15) is 12.4 Å². The number of aryl methyl sites for hydroxylation is 2. The molecule has 0 atom stereocenters. The Labute approximate surface area is 221 Å². The molecular weight excluding hydrogens is 490 g/mol. The van der Waals surface area contributed by atoms with Gasteiger partial charge in [-0.1, -0.05) is 0 Å². The van der Waals surface area contributed by atoms with Gasteiger partial charge in [-0.25, -0.2) is 13.4 Å². The number of hydrogen-bond donors (Lipinski definition) is 0. The molecule has 2 saturated heterocycles. The third kappa shape index (κ3) is 6.91. The van der Waals surface area contributed by atoms with Crippen LogP contribution in [0.5, 0.6) is 11.6 Å². The number of sulfonamides is 1. The van der Waals surface area contributed by atoms with E-state index >= 15 is 0 Å². The number of likely N-dealkylation sites (tertiary alicyclic amines) is 1. The number of likely N-dealkylation sites (N-methyl/N-ethyl adjacent to an activating group) is 1. The van der Waals surface area contributed by atoms with Crippen molar-refractivity contribution in [2.24, 2.45) is 5.92 Å². The molecule has 2 aliphatic rings. The molecule has 0 aliphatic carbocycles. The Morgan fingerprint density at radius 3 is 2.41 bits per heavy atom. The maximum Gasteiger partial charge on any atom is 0.243 e. The smallest absolute Gasteiger partial charge is 0.243 e. The van der Waals surface area contributed by atoms with Gasteiger partial charge in [0, 0.05) is 38.9 Å². The number of methoxy groups -OCH3 is 1. The van der Waals surface area contributed by atoms with E-state index in [1.165, 1.54) is 43.2 Å². The van der Waals surface area contributed by atoms with Gasteiger partial charge in [-0.3, -0.25) is 0 Å². The number of anilines is 1. The predicted molar refractivity (Wildman–Crippen MR) is 145 cm³/mol. The number of ether oxygens (including phenoxy) is 2. The first-order valence-corrected chi connectivity index (χ1v) is 14.8. The summed E-state index contributed by atoms with van der Waals surface area (Å²) in [7, 11) is -0.524. The summed E-state index contributed by atoms with van der Waals surface area (Å²) < 4.78 is 38.9. The highest BCUT2D eigenvalue weighted by Crippen LogP contribution is 2.28. The van der Waals surface area contributed by atoms with Crippen LogP contribution in [0.4, 0.5) is 5.95 Å². The van der Waals surface area contributed by atoms with E-state index in [0.29, 0.717) is 33.6 Å². The summed E-state index contributed by atoms with van der Waals surface area (Å²) >= 11 is 0. The summed E-state index contributed by atoms with van der Waals surface area (Å²) in [5.74, 6) is 2.56. The highest BCUT2D eigenvalue weighted by molar-refractivity contribution is 7.89. The van der Waals surface area contributed by atoms with E-state index in [1.807, 2.05) is 0 Å². The molecule has 0 saturated carbocycles. The van der Waals surface area contributed by atoms with E-state index in [9.17, 15) is 8.42 Å². The molecule has 0 amide bonds. The number of rotatable bonds is 11. The molecular formula is C27H41N5O4S. The molecule has 37 heavy (non-hydrogen) atoms. The van der Waals surface area contributed by atoms with Crippen LogP contribution in [0.25, 0.3) is 0 Å². The van der Waals surface area contributed by atoms with Gasteiger partial charge in [0.2, 0.25) is 21.9 Å². The first-order valence-electron chi connectivity index (χ1n) is 13.3. The molecule has 2 fully saturated rings. The number of nitrogens with zero attached hydrogens (tertiary/aromatic N) is 5. The molecule has 4 rings (SSSR count). The second kappa shape index (κ2) is 12.4. The SMILES string of the molecule is COc1cc(C)c(S(=O)(=O)N(C)CCOc2ccnc(N3CCC(CCN4CCCC4)CC3)n2)c(C)c1. The quantitative estimate of drug-likeness (QED) is 0.435. The van der Waals surface area contributed by atoms with Gasteiger partial charge in [-0.15, -0.1) is 0 Å². The zero-order valence-electron chi connectivity index (χ0n) is 22.6. The van der Waals surface area contributed by atoms with Crippen LogP contribution in [-0.4, -0.2) is 87.6 Å². The van der Waals surface area contributed by atoms with Crippen LogP contribution in [0.15, 0.2) is 29.3 Å². The van der Waals surface area contributed by atoms with Crippen LogP contribution in [-0.2, 0) is 10.0 Å². The van der Waals surface area contributed by atoms with E-state index in [1.54, 1.807) is 52.4 Å². The molecule has 10 heteroatoms. The molecule has 9 nitrogen and oxygen atoms in total. The lowest BCUT2D eigenvalue weighted by atomic mass is 9.93. The average Bonchev–Trinajstić information content (AvgIpc) is 3.41. The number of hydrogen-bond acceptors (Lipinski definition) is 8. The van der Waals surface area contributed by atoms with Gasteiger partial charge in [0.05, 0.1) is 12.0 Å². The van der Waals surface area contributed by atoms with Crippen molar-refractivity contribution in [3.05, 3.63) is 35.5 Å². The van der Waals surface area contributed by atoms with Crippen molar-refractivity contribution < 1.29 is 17.9 Å². The highest BCUT2D eigenvalue weighted by Gasteiger charge is 2.26. The fourth-order valence-electron chi connectivity index (χ4n) is 5.35. The van der Waals surface area contributed by atoms with E-state index in [-0.39, 0.29) is 13.2 Å². The average molecular weight is 532 g/mol. The first kappa shape index (κ1) is 27.6. The maximum atomic E-state index is 13.2. The van der Waals surface area contributed by atoms with E-state index in [4.69, 9.17) is 9.47 Å². The zero-order valence-corrected chi connectivity index (χ0v) is 23.5. The summed E-state index contributed by atoms with van der Waals surface area (Å²) in [5, 5.41) is 0. The van der Waals surface area contributed by atoms with Crippen molar-refractivity contribution in [1.82, 2.24) is 19.2 Å². The molecule has 2 aromatic rings. The van der Waals surface area contributed by atoms with E-state index in [0.717, 1.165) is 31.8 Å². The van der Waals surface area contributed by atoms with Gasteiger partial charge in [0.15, 0.2) is 0 Å². The van der Waals surface area contributed by atoms with Crippen LogP contribution < -0.4 is 14.4 Å². The van der Waals surface area contributed by atoms with Crippen LogP contribution in [0.1, 0.15) is 43.2 Å². The van der Waals surface area contributed by atoms with Crippen molar-refractivity contribution >= 4 is 16.0 Å². The van der Waals surface area contributed by atoms with Crippen LogP contribution in [0.2, 0.25) is 0 Å². The van der Waals surface area contributed by atoms with E-state index in [2.05, 4.69) is 19.8 Å².